The van der Waals surface area contributed by atoms with Crippen molar-refractivity contribution in [2.75, 3.05) is 0 Å². The fraction of sp³-hybridized carbons (Fsp3) is 0.385. The molecule has 14 heavy (non-hydrogen) atoms. The Bertz CT molecular complexity index is 430. The molecular formula is C13H17P. The first kappa shape index (κ1) is 9.80. The summed E-state index contributed by atoms with van der Waals surface area (Å²) in [6.45, 7) is 8.95. The Kier molecular flexibility index (Phi) is 2.41. The molecule has 1 unspecified atom stereocenters. The third kappa shape index (κ3) is 1.60. The molecule has 0 spiro atoms. The summed E-state index contributed by atoms with van der Waals surface area (Å²) in [5.74, 6) is 0. The van der Waals surface area contributed by atoms with Gasteiger partial charge in [-0.1, -0.05) is 17.7 Å². The van der Waals surface area contributed by atoms with Crippen LogP contribution in [0.5, 0.6) is 0 Å². The van der Waals surface area contributed by atoms with Crippen molar-refractivity contribution < 1.29 is 0 Å². The molecule has 1 atom stereocenters. The van der Waals surface area contributed by atoms with Gasteiger partial charge in [-0.25, -0.2) is 0 Å². The summed E-state index contributed by atoms with van der Waals surface area (Å²) in [6, 6.07) is 2.34. The van der Waals surface area contributed by atoms with Gasteiger partial charge in [0.2, 0.25) is 0 Å². The number of hydrogen-bond donors (Lipinski definition) is 0. The van der Waals surface area contributed by atoms with E-state index in [-0.39, 0.29) is 0 Å². The van der Waals surface area contributed by atoms with Gasteiger partial charge in [-0.05, 0) is 61.4 Å². The largest absolute Gasteiger partial charge is 0.129 e. The minimum Gasteiger partial charge on any atom is -0.129 e. The molecule has 0 aromatic carbocycles. The van der Waals surface area contributed by atoms with E-state index in [4.69, 9.17) is 0 Å². The highest BCUT2D eigenvalue weighted by atomic mass is 31.0. The van der Waals surface area contributed by atoms with Crippen LogP contribution in [-0.4, -0.2) is 0 Å². The minimum absolute atomic E-state index is 0.913. The summed E-state index contributed by atoms with van der Waals surface area (Å²) < 4.78 is 0. The second-order valence-electron chi connectivity index (χ2n) is 4.34. The monoisotopic (exact) mass is 204 g/mol. The van der Waals surface area contributed by atoms with E-state index in [0.29, 0.717) is 0 Å². The predicted octanol–water partition coefficient (Wildman–Crippen LogP) is 4.46. The summed E-state index contributed by atoms with van der Waals surface area (Å²) in [5.41, 5.74) is 6.06. The average molecular weight is 204 g/mol. The second kappa shape index (κ2) is 3.44. The zero-order chi connectivity index (χ0) is 10.3. The Labute approximate surface area is 87.8 Å². The van der Waals surface area contributed by atoms with Crippen molar-refractivity contribution in [3.63, 3.8) is 0 Å². The lowest BCUT2D eigenvalue weighted by molar-refractivity contribution is 1.26. The fourth-order valence-electron chi connectivity index (χ4n) is 2.25. The Balaban J connectivity index is 2.43. The van der Waals surface area contributed by atoms with Crippen LogP contribution in [0.4, 0.5) is 0 Å². The van der Waals surface area contributed by atoms with Gasteiger partial charge in [-0.2, -0.15) is 0 Å². The van der Waals surface area contributed by atoms with Crippen LogP contribution in [0.3, 0.4) is 0 Å². The number of aryl methyl sites for hydroxylation is 2. The van der Waals surface area contributed by atoms with Crippen molar-refractivity contribution in [1.29, 1.82) is 0 Å². The van der Waals surface area contributed by atoms with Gasteiger partial charge in [-0.3, -0.25) is 0 Å². The molecular weight excluding hydrogens is 187 g/mol. The average Bonchev–Trinajstić information content (AvgIpc) is 2.55. The third-order valence-electron chi connectivity index (χ3n) is 2.85. The van der Waals surface area contributed by atoms with E-state index < -0.39 is 0 Å². The van der Waals surface area contributed by atoms with Crippen molar-refractivity contribution >= 4 is 13.8 Å². The first-order chi connectivity index (χ1) is 6.58. The van der Waals surface area contributed by atoms with Crippen LogP contribution in [0.2, 0.25) is 0 Å². The van der Waals surface area contributed by atoms with E-state index in [0.717, 1.165) is 8.19 Å². The van der Waals surface area contributed by atoms with Crippen LogP contribution in [-0.2, 0) is 0 Å². The van der Waals surface area contributed by atoms with Gasteiger partial charge in [0.05, 0.1) is 0 Å². The number of allylic oxidation sites excluding steroid dienone is 4. The summed E-state index contributed by atoms with van der Waals surface area (Å²) in [7, 11) is 0.913. The third-order valence-corrected chi connectivity index (χ3v) is 4.33. The lowest BCUT2D eigenvalue weighted by Crippen LogP contribution is -1.81. The van der Waals surface area contributed by atoms with Gasteiger partial charge in [0.1, 0.15) is 0 Å². The molecule has 0 bridgehead atoms. The SMILES string of the molecule is CC1=CC(C)=C(c2[pH]c(C)cc2C)C1. The Morgan fingerprint density at radius 1 is 1.14 bits per heavy atom. The van der Waals surface area contributed by atoms with Crippen LogP contribution < -0.4 is 0 Å². The van der Waals surface area contributed by atoms with Crippen LogP contribution in [0, 0.1) is 13.8 Å². The summed E-state index contributed by atoms with van der Waals surface area (Å²) >= 11 is 0. The standard InChI is InChI=1S/C13H17P/c1-8-5-9(2)12(6-8)13-10(3)7-11(4)14-13/h5,7,14H,6H2,1-4H3. The second-order valence-corrected chi connectivity index (χ2v) is 5.88. The Morgan fingerprint density at radius 2 is 1.86 bits per heavy atom. The van der Waals surface area contributed by atoms with Crippen LogP contribution in [0.25, 0.3) is 5.57 Å². The fourth-order valence-corrected chi connectivity index (χ4v) is 3.64. The molecule has 1 aromatic heterocycles. The van der Waals surface area contributed by atoms with E-state index >= 15 is 0 Å². The molecule has 0 radical (unpaired) electrons. The molecule has 1 heteroatoms. The number of rotatable bonds is 1. The molecule has 1 heterocycles. The zero-order valence-corrected chi connectivity index (χ0v) is 10.4. The Hall–Kier alpha value is -0.740. The van der Waals surface area contributed by atoms with E-state index in [9.17, 15) is 0 Å². The van der Waals surface area contributed by atoms with Gasteiger partial charge >= 0.3 is 0 Å². The lowest BCUT2D eigenvalue weighted by Gasteiger charge is -2.04. The normalized spacial score (nSPS) is 17.0. The summed E-state index contributed by atoms with van der Waals surface area (Å²) in [6.07, 6.45) is 3.50. The molecule has 0 saturated carbocycles. The topological polar surface area (TPSA) is 0 Å². The van der Waals surface area contributed by atoms with Gasteiger partial charge in [0.15, 0.2) is 0 Å². The molecule has 0 fully saturated rings. The van der Waals surface area contributed by atoms with E-state index in [2.05, 4.69) is 39.8 Å². The van der Waals surface area contributed by atoms with Crippen molar-refractivity contribution in [3.8, 4) is 0 Å². The van der Waals surface area contributed by atoms with Gasteiger partial charge < -0.3 is 0 Å². The first-order valence-electron chi connectivity index (χ1n) is 5.11. The molecule has 0 nitrogen and oxygen atoms in total. The van der Waals surface area contributed by atoms with Crippen molar-refractivity contribution in [2.24, 2.45) is 0 Å². The van der Waals surface area contributed by atoms with Gasteiger partial charge in [0.25, 0.3) is 0 Å². The van der Waals surface area contributed by atoms with E-state index in [1.54, 1.807) is 10.9 Å². The molecule has 1 aliphatic rings. The van der Waals surface area contributed by atoms with Gasteiger partial charge in [0, 0.05) is 0 Å². The van der Waals surface area contributed by atoms with E-state index in [1.807, 2.05) is 0 Å². The maximum atomic E-state index is 2.34. The minimum atomic E-state index is 0.913. The highest BCUT2D eigenvalue weighted by Crippen LogP contribution is 2.40. The van der Waals surface area contributed by atoms with Gasteiger partial charge in [-0.15, -0.1) is 8.19 Å². The summed E-state index contributed by atoms with van der Waals surface area (Å²) in [5, 5.41) is 3.13. The molecule has 0 aliphatic heterocycles. The molecule has 0 amide bonds. The highest BCUT2D eigenvalue weighted by Gasteiger charge is 2.14. The molecule has 2 rings (SSSR count). The molecule has 0 saturated heterocycles. The smallest absolute Gasteiger partial charge is 0.00209 e. The maximum Gasteiger partial charge on any atom is -0.00209 e. The van der Waals surface area contributed by atoms with Crippen LogP contribution in [0.15, 0.2) is 23.3 Å². The Morgan fingerprint density at radius 3 is 2.29 bits per heavy atom. The molecule has 74 valence electrons. The van der Waals surface area contributed by atoms with Crippen LogP contribution in [0.1, 0.15) is 36.4 Å². The first-order valence-corrected chi connectivity index (χ1v) is 6.11. The highest BCUT2D eigenvalue weighted by molar-refractivity contribution is 7.33. The predicted molar refractivity (Wildman–Crippen MR) is 66.4 cm³/mol. The summed E-state index contributed by atoms with van der Waals surface area (Å²) in [4.78, 5) is 0. The maximum absolute atomic E-state index is 2.34. The number of hydrogen-bond acceptors (Lipinski definition) is 0. The zero-order valence-electron chi connectivity index (χ0n) is 9.36. The van der Waals surface area contributed by atoms with Crippen molar-refractivity contribution in [1.82, 2.24) is 0 Å². The lowest BCUT2D eigenvalue weighted by atomic mass is 10.1. The van der Waals surface area contributed by atoms with Crippen molar-refractivity contribution in [2.45, 2.75) is 34.1 Å². The molecule has 1 aromatic rings. The van der Waals surface area contributed by atoms with Crippen molar-refractivity contribution in [3.05, 3.63) is 39.4 Å². The van der Waals surface area contributed by atoms with Crippen LogP contribution >= 0.6 is 8.19 Å². The van der Waals surface area contributed by atoms with E-state index in [1.165, 1.54) is 28.4 Å². The molecule has 1 aliphatic carbocycles. The molecule has 0 N–H and O–H groups in total. The quantitative estimate of drug-likeness (QED) is 0.633.